The van der Waals surface area contributed by atoms with Crippen molar-refractivity contribution in [1.29, 1.82) is 0 Å². The van der Waals surface area contributed by atoms with E-state index in [1.807, 2.05) is 13.8 Å². The number of halogens is 1. The fourth-order valence-corrected chi connectivity index (χ4v) is 4.56. The summed E-state index contributed by atoms with van der Waals surface area (Å²) in [5, 5.41) is 2.70. The van der Waals surface area contributed by atoms with E-state index in [2.05, 4.69) is 5.32 Å². The Hall–Kier alpha value is -1.67. The molecule has 1 aromatic carbocycles. The van der Waals surface area contributed by atoms with Gasteiger partial charge in [-0.2, -0.15) is 4.31 Å². The minimum absolute atomic E-state index is 0.0895. The molecule has 8 heteroatoms. The molecule has 0 aliphatic carbocycles. The highest BCUT2D eigenvalue weighted by Gasteiger charge is 2.39. The number of sulfonamides is 1. The standard InChI is InChI=1S/C16H23FN2O4S/c1-12(2)15(19-8-4-10-24(19,21)22)16(20)18-7-9-23-14-6-3-5-13(17)11-14/h3,5-6,11-12,15H,4,7-10H2,1-2H3,(H,18,20)/t15-/m1/s1. The molecule has 0 bridgehead atoms. The van der Waals surface area contributed by atoms with E-state index in [9.17, 15) is 17.6 Å². The molecular formula is C16H23FN2O4S. The normalized spacial score (nSPS) is 18.5. The van der Waals surface area contributed by atoms with Gasteiger partial charge in [0.2, 0.25) is 15.9 Å². The average Bonchev–Trinajstić information content (AvgIpc) is 2.83. The topological polar surface area (TPSA) is 75.7 Å². The maximum absolute atomic E-state index is 13.0. The number of amides is 1. The Kier molecular flexibility index (Phi) is 6.17. The second-order valence-electron chi connectivity index (χ2n) is 6.07. The summed E-state index contributed by atoms with van der Waals surface area (Å²) in [5.41, 5.74) is 0. The minimum Gasteiger partial charge on any atom is -0.492 e. The molecule has 0 radical (unpaired) electrons. The molecule has 0 saturated carbocycles. The quantitative estimate of drug-likeness (QED) is 0.747. The number of carbonyl (C=O) groups is 1. The van der Waals surface area contributed by atoms with Gasteiger partial charge in [-0.3, -0.25) is 4.79 Å². The minimum atomic E-state index is -3.36. The van der Waals surface area contributed by atoms with Crippen molar-refractivity contribution in [2.75, 3.05) is 25.4 Å². The van der Waals surface area contributed by atoms with Gasteiger partial charge in [0, 0.05) is 12.6 Å². The van der Waals surface area contributed by atoms with E-state index in [0.29, 0.717) is 18.7 Å². The lowest BCUT2D eigenvalue weighted by Crippen LogP contribution is -2.51. The number of hydrogen-bond donors (Lipinski definition) is 1. The largest absolute Gasteiger partial charge is 0.492 e. The first kappa shape index (κ1) is 18.7. The number of nitrogens with one attached hydrogen (secondary N) is 1. The van der Waals surface area contributed by atoms with Gasteiger partial charge in [0.1, 0.15) is 24.2 Å². The fourth-order valence-electron chi connectivity index (χ4n) is 2.74. The number of ether oxygens (including phenoxy) is 1. The van der Waals surface area contributed by atoms with Gasteiger partial charge in [0.25, 0.3) is 0 Å². The molecule has 0 spiro atoms. The van der Waals surface area contributed by atoms with Gasteiger partial charge in [-0.05, 0) is 24.5 Å². The monoisotopic (exact) mass is 358 g/mol. The molecule has 2 rings (SSSR count). The molecule has 1 fully saturated rings. The first-order valence-corrected chi connectivity index (χ1v) is 9.58. The van der Waals surface area contributed by atoms with Crippen LogP contribution in [0.4, 0.5) is 4.39 Å². The lowest BCUT2D eigenvalue weighted by atomic mass is 10.0. The summed E-state index contributed by atoms with van der Waals surface area (Å²) in [4.78, 5) is 12.4. The molecule has 1 saturated heterocycles. The highest BCUT2D eigenvalue weighted by molar-refractivity contribution is 7.89. The van der Waals surface area contributed by atoms with Crippen LogP contribution in [0.1, 0.15) is 20.3 Å². The highest BCUT2D eigenvalue weighted by Crippen LogP contribution is 2.22. The summed E-state index contributed by atoms with van der Waals surface area (Å²) in [6, 6.07) is 5.02. The third kappa shape index (κ3) is 4.67. The number of hydrogen-bond acceptors (Lipinski definition) is 4. The number of nitrogens with zero attached hydrogens (tertiary/aromatic N) is 1. The second-order valence-corrected chi connectivity index (χ2v) is 8.11. The summed E-state index contributed by atoms with van der Waals surface area (Å²) in [5.74, 6) is -0.394. The van der Waals surface area contributed by atoms with Crippen LogP contribution in [-0.2, 0) is 14.8 Å². The fraction of sp³-hybridized carbons (Fsp3) is 0.562. The van der Waals surface area contributed by atoms with Crippen molar-refractivity contribution in [3.63, 3.8) is 0 Å². The van der Waals surface area contributed by atoms with Crippen LogP contribution < -0.4 is 10.1 Å². The van der Waals surface area contributed by atoms with Gasteiger partial charge < -0.3 is 10.1 Å². The molecule has 0 aromatic heterocycles. The predicted octanol–water partition coefficient (Wildman–Crippen LogP) is 1.38. The Morgan fingerprint density at radius 2 is 2.17 bits per heavy atom. The van der Waals surface area contributed by atoms with Crippen molar-refractivity contribution in [1.82, 2.24) is 9.62 Å². The van der Waals surface area contributed by atoms with Crippen LogP contribution >= 0.6 is 0 Å². The molecule has 6 nitrogen and oxygen atoms in total. The van der Waals surface area contributed by atoms with Gasteiger partial charge in [-0.25, -0.2) is 12.8 Å². The zero-order chi connectivity index (χ0) is 17.7. The zero-order valence-corrected chi connectivity index (χ0v) is 14.7. The Labute approximate surface area is 142 Å². The van der Waals surface area contributed by atoms with E-state index in [-0.39, 0.29) is 30.7 Å². The number of carbonyl (C=O) groups excluding carboxylic acids is 1. The molecule has 1 atom stereocenters. The van der Waals surface area contributed by atoms with E-state index in [1.54, 1.807) is 6.07 Å². The zero-order valence-electron chi connectivity index (χ0n) is 13.9. The first-order chi connectivity index (χ1) is 11.3. The van der Waals surface area contributed by atoms with Crippen LogP contribution in [0.5, 0.6) is 5.75 Å². The van der Waals surface area contributed by atoms with E-state index < -0.39 is 21.9 Å². The van der Waals surface area contributed by atoms with Crippen LogP contribution in [0.3, 0.4) is 0 Å². The van der Waals surface area contributed by atoms with Crippen molar-refractivity contribution >= 4 is 15.9 Å². The maximum Gasteiger partial charge on any atom is 0.238 e. The van der Waals surface area contributed by atoms with Crippen molar-refractivity contribution < 1.29 is 22.3 Å². The number of benzene rings is 1. The van der Waals surface area contributed by atoms with Gasteiger partial charge in [0.15, 0.2) is 0 Å². The van der Waals surface area contributed by atoms with Crippen LogP contribution in [0, 0.1) is 11.7 Å². The second kappa shape index (κ2) is 7.94. The Bertz CT molecular complexity index is 678. The van der Waals surface area contributed by atoms with Crippen molar-refractivity contribution in [2.45, 2.75) is 26.3 Å². The lowest BCUT2D eigenvalue weighted by Gasteiger charge is -2.28. The van der Waals surface area contributed by atoms with Crippen molar-refractivity contribution in [2.24, 2.45) is 5.92 Å². The average molecular weight is 358 g/mol. The molecule has 0 unspecified atom stereocenters. The van der Waals surface area contributed by atoms with E-state index in [1.165, 1.54) is 22.5 Å². The van der Waals surface area contributed by atoms with Gasteiger partial charge in [-0.15, -0.1) is 0 Å². The molecular weight excluding hydrogens is 335 g/mol. The molecule has 1 aromatic rings. The Morgan fingerprint density at radius 3 is 2.75 bits per heavy atom. The summed E-state index contributed by atoms with van der Waals surface area (Å²) in [6.07, 6.45) is 0.543. The van der Waals surface area contributed by atoms with E-state index in [4.69, 9.17) is 4.74 Å². The van der Waals surface area contributed by atoms with Crippen LogP contribution in [0.25, 0.3) is 0 Å². The lowest BCUT2D eigenvalue weighted by molar-refractivity contribution is -0.126. The molecule has 1 aliphatic heterocycles. The Balaban J connectivity index is 1.87. The van der Waals surface area contributed by atoms with Crippen molar-refractivity contribution in [3.05, 3.63) is 30.1 Å². The molecule has 134 valence electrons. The smallest absolute Gasteiger partial charge is 0.238 e. The summed E-state index contributed by atoms with van der Waals surface area (Å²) in [6.45, 7) is 4.40. The van der Waals surface area contributed by atoms with Gasteiger partial charge in [0.05, 0.1) is 12.3 Å². The first-order valence-electron chi connectivity index (χ1n) is 7.97. The summed E-state index contributed by atoms with van der Waals surface area (Å²) >= 11 is 0. The maximum atomic E-state index is 13.0. The van der Waals surface area contributed by atoms with Crippen molar-refractivity contribution in [3.8, 4) is 5.75 Å². The predicted molar refractivity (Wildman–Crippen MR) is 88.6 cm³/mol. The molecule has 1 amide bonds. The van der Waals surface area contributed by atoms with Crippen LogP contribution in [-0.4, -0.2) is 50.1 Å². The molecule has 1 N–H and O–H groups in total. The SMILES string of the molecule is CC(C)[C@H](C(=O)NCCOc1cccc(F)c1)N1CCCS1(=O)=O. The van der Waals surface area contributed by atoms with E-state index >= 15 is 0 Å². The molecule has 1 heterocycles. The van der Waals surface area contributed by atoms with Crippen LogP contribution in [0.2, 0.25) is 0 Å². The van der Waals surface area contributed by atoms with E-state index in [0.717, 1.165) is 0 Å². The highest BCUT2D eigenvalue weighted by atomic mass is 32.2. The summed E-state index contributed by atoms with van der Waals surface area (Å²) < 4.78 is 43.8. The molecule has 24 heavy (non-hydrogen) atoms. The summed E-state index contributed by atoms with van der Waals surface area (Å²) in [7, 11) is -3.36. The van der Waals surface area contributed by atoms with Gasteiger partial charge in [-0.1, -0.05) is 19.9 Å². The third-order valence-electron chi connectivity index (χ3n) is 3.81. The van der Waals surface area contributed by atoms with Crippen LogP contribution in [0.15, 0.2) is 24.3 Å². The van der Waals surface area contributed by atoms with Gasteiger partial charge >= 0.3 is 0 Å². The third-order valence-corrected chi connectivity index (χ3v) is 5.74. The number of rotatable bonds is 7. The molecule has 1 aliphatic rings. The Morgan fingerprint density at radius 1 is 1.42 bits per heavy atom.